The maximum Gasteiger partial charge on any atom is 0.141 e. The lowest BCUT2D eigenvalue weighted by Crippen LogP contribution is -2.35. The molecule has 0 spiro atoms. The zero-order valence-electron chi connectivity index (χ0n) is 9.40. The number of nitrogens with zero attached hydrogens (tertiary/aromatic N) is 2. The van der Waals surface area contributed by atoms with Crippen molar-refractivity contribution in [2.45, 2.75) is 19.4 Å². The van der Waals surface area contributed by atoms with Crippen molar-refractivity contribution in [1.82, 2.24) is 9.88 Å². The van der Waals surface area contributed by atoms with E-state index < -0.39 is 0 Å². The molecule has 2 N–H and O–H groups in total. The second kappa shape index (κ2) is 5.37. The summed E-state index contributed by atoms with van der Waals surface area (Å²) in [6.45, 7) is 3.69. The Labute approximate surface area is 95.5 Å². The first-order chi connectivity index (χ1) is 7.78. The molecule has 2 heterocycles. The van der Waals surface area contributed by atoms with Crippen LogP contribution in [0.15, 0.2) is 18.5 Å². The lowest BCUT2D eigenvalue weighted by Gasteiger charge is -2.31. The monoisotopic (exact) mass is 223 g/mol. The highest BCUT2D eigenvalue weighted by Gasteiger charge is 2.17. The predicted molar refractivity (Wildman–Crippen MR) is 61.3 cm³/mol. The quantitative estimate of drug-likeness (QED) is 0.842. The molecule has 1 aliphatic rings. The molecule has 4 heteroatoms. The van der Waals surface area contributed by atoms with E-state index >= 15 is 0 Å². The average molecular weight is 223 g/mol. The minimum atomic E-state index is -0.255. The number of aromatic nitrogens is 1. The number of likely N-dealkylation sites (tertiary alicyclic amines) is 1. The number of nitrogens with two attached hydrogens (primary N) is 1. The SMILES string of the molecule is NCC1CCN(Cc2cncc(F)c2)CC1. The fourth-order valence-corrected chi connectivity index (χ4v) is 2.18. The average Bonchev–Trinajstić information content (AvgIpc) is 2.30. The van der Waals surface area contributed by atoms with Crippen molar-refractivity contribution < 1.29 is 4.39 Å². The van der Waals surface area contributed by atoms with Crippen LogP contribution in [0.2, 0.25) is 0 Å². The number of hydrogen-bond donors (Lipinski definition) is 1. The summed E-state index contributed by atoms with van der Waals surface area (Å²) in [5.74, 6) is 0.413. The fraction of sp³-hybridized carbons (Fsp3) is 0.583. The molecule has 16 heavy (non-hydrogen) atoms. The van der Waals surface area contributed by atoms with Crippen LogP contribution >= 0.6 is 0 Å². The van der Waals surface area contributed by atoms with Crippen LogP contribution in [0.3, 0.4) is 0 Å². The maximum atomic E-state index is 12.9. The number of halogens is 1. The van der Waals surface area contributed by atoms with E-state index in [0.29, 0.717) is 5.92 Å². The Morgan fingerprint density at radius 3 is 2.75 bits per heavy atom. The first-order valence-corrected chi connectivity index (χ1v) is 5.80. The Kier molecular flexibility index (Phi) is 3.85. The van der Waals surface area contributed by atoms with Gasteiger partial charge >= 0.3 is 0 Å². The van der Waals surface area contributed by atoms with Crippen molar-refractivity contribution >= 4 is 0 Å². The summed E-state index contributed by atoms with van der Waals surface area (Å²) in [7, 11) is 0. The number of hydrogen-bond acceptors (Lipinski definition) is 3. The van der Waals surface area contributed by atoms with Gasteiger partial charge in [0.25, 0.3) is 0 Å². The van der Waals surface area contributed by atoms with Crippen molar-refractivity contribution in [1.29, 1.82) is 0 Å². The Balaban J connectivity index is 1.87. The number of piperidine rings is 1. The van der Waals surface area contributed by atoms with E-state index in [1.807, 2.05) is 0 Å². The molecular weight excluding hydrogens is 205 g/mol. The van der Waals surface area contributed by atoms with Crippen LogP contribution in [0.4, 0.5) is 4.39 Å². The molecule has 88 valence electrons. The summed E-state index contributed by atoms with van der Waals surface area (Å²) in [6.07, 6.45) is 5.28. The van der Waals surface area contributed by atoms with E-state index in [2.05, 4.69) is 9.88 Å². The molecule has 0 amide bonds. The molecule has 1 aliphatic heterocycles. The van der Waals surface area contributed by atoms with Crippen LogP contribution in [-0.4, -0.2) is 29.5 Å². The molecule has 1 fully saturated rings. The van der Waals surface area contributed by atoms with Gasteiger partial charge in [0.1, 0.15) is 5.82 Å². The third kappa shape index (κ3) is 3.00. The van der Waals surface area contributed by atoms with Crippen LogP contribution in [-0.2, 0) is 6.54 Å². The Hall–Kier alpha value is -1.00. The standard InChI is InChI=1S/C12H18FN3/c13-12-5-11(7-15-8-12)9-16-3-1-10(6-14)2-4-16/h5,7-8,10H,1-4,6,9,14H2. The summed E-state index contributed by atoms with van der Waals surface area (Å²) in [4.78, 5) is 6.20. The summed E-state index contributed by atoms with van der Waals surface area (Å²) in [6, 6.07) is 1.56. The Morgan fingerprint density at radius 1 is 1.38 bits per heavy atom. The molecule has 0 aliphatic carbocycles. The van der Waals surface area contributed by atoms with Crippen LogP contribution in [0.25, 0.3) is 0 Å². The summed E-state index contributed by atoms with van der Waals surface area (Å²) in [5, 5.41) is 0. The molecule has 0 atom stereocenters. The molecule has 1 aromatic heterocycles. The van der Waals surface area contributed by atoms with Crippen LogP contribution in [0.1, 0.15) is 18.4 Å². The van der Waals surface area contributed by atoms with Crippen LogP contribution in [0.5, 0.6) is 0 Å². The largest absolute Gasteiger partial charge is 0.330 e. The van der Waals surface area contributed by atoms with Gasteiger partial charge in [-0.3, -0.25) is 9.88 Å². The number of pyridine rings is 1. The maximum absolute atomic E-state index is 12.9. The van der Waals surface area contributed by atoms with Gasteiger partial charge in [-0.25, -0.2) is 4.39 Å². The third-order valence-electron chi connectivity index (χ3n) is 3.21. The van der Waals surface area contributed by atoms with Gasteiger partial charge in [-0.15, -0.1) is 0 Å². The summed E-state index contributed by atoms with van der Waals surface area (Å²) in [5.41, 5.74) is 6.59. The molecular formula is C12H18FN3. The van der Waals surface area contributed by atoms with Gasteiger partial charge in [-0.2, -0.15) is 0 Å². The van der Waals surface area contributed by atoms with Gasteiger partial charge in [0.15, 0.2) is 0 Å². The van der Waals surface area contributed by atoms with Crippen LogP contribution in [0, 0.1) is 11.7 Å². The lowest BCUT2D eigenvalue weighted by atomic mass is 9.97. The highest BCUT2D eigenvalue weighted by Crippen LogP contribution is 2.17. The molecule has 0 radical (unpaired) electrons. The first-order valence-electron chi connectivity index (χ1n) is 5.80. The second-order valence-electron chi connectivity index (χ2n) is 4.47. The van der Waals surface area contributed by atoms with E-state index in [1.54, 1.807) is 12.3 Å². The Bertz CT molecular complexity index is 335. The minimum Gasteiger partial charge on any atom is -0.330 e. The first kappa shape index (κ1) is 11.5. The van der Waals surface area contributed by atoms with Crippen molar-refractivity contribution in [3.8, 4) is 0 Å². The Morgan fingerprint density at radius 2 is 2.12 bits per heavy atom. The van der Waals surface area contributed by atoms with Gasteiger partial charge in [-0.1, -0.05) is 0 Å². The van der Waals surface area contributed by atoms with Gasteiger partial charge in [0.05, 0.1) is 6.20 Å². The van der Waals surface area contributed by atoms with Gasteiger partial charge in [0.2, 0.25) is 0 Å². The number of rotatable bonds is 3. The van der Waals surface area contributed by atoms with E-state index in [-0.39, 0.29) is 5.82 Å². The molecule has 2 rings (SSSR count). The van der Waals surface area contributed by atoms with Crippen molar-refractivity contribution in [3.63, 3.8) is 0 Å². The highest BCUT2D eigenvalue weighted by atomic mass is 19.1. The van der Waals surface area contributed by atoms with Gasteiger partial charge in [0, 0.05) is 12.7 Å². The topological polar surface area (TPSA) is 42.1 Å². The normalized spacial score (nSPS) is 18.9. The van der Waals surface area contributed by atoms with E-state index in [9.17, 15) is 4.39 Å². The lowest BCUT2D eigenvalue weighted by molar-refractivity contribution is 0.180. The van der Waals surface area contributed by atoms with E-state index in [4.69, 9.17) is 5.73 Å². The molecule has 0 bridgehead atoms. The summed E-state index contributed by atoms with van der Waals surface area (Å²) < 4.78 is 12.9. The molecule has 0 aromatic carbocycles. The molecule has 3 nitrogen and oxygen atoms in total. The zero-order chi connectivity index (χ0) is 11.4. The fourth-order valence-electron chi connectivity index (χ4n) is 2.18. The van der Waals surface area contributed by atoms with Crippen LogP contribution < -0.4 is 5.73 Å². The van der Waals surface area contributed by atoms with Crippen molar-refractivity contribution in [2.24, 2.45) is 11.7 Å². The minimum absolute atomic E-state index is 0.255. The highest BCUT2D eigenvalue weighted by molar-refractivity contribution is 5.10. The van der Waals surface area contributed by atoms with Crippen molar-refractivity contribution in [3.05, 3.63) is 29.8 Å². The van der Waals surface area contributed by atoms with E-state index in [1.165, 1.54) is 6.20 Å². The van der Waals surface area contributed by atoms with E-state index in [0.717, 1.165) is 44.6 Å². The summed E-state index contributed by atoms with van der Waals surface area (Å²) >= 11 is 0. The molecule has 0 unspecified atom stereocenters. The smallest absolute Gasteiger partial charge is 0.141 e. The zero-order valence-corrected chi connectivity index (χ0v) is 9.40. The van der Waals surface area contributed by atoms with Gasteiger partial charge in [-0.05, 0) is 50.0 Å². The second-order valence-corrected chi connectivity index (χ2v) is 4.47. The van der Waals surface area contributed by atoms with Gasteiger partial charge < -0.3 is 5.73 Å². The third-order valence-corrected chi connectivity index (χ3v) is 3.21. The predicted octanol–water partition coefficient (Wildman–Crippen LogP) is 1.39. The van der Waals surface area contributed by atoms with Crippen molar-refractivity contribution in [2.75, 3.05) is 19.6 Å². The molecule has 1 aromatic rings. The molecule has 0 saturated carbocycles. The molecule has 1 saturated heterocycles.